The molecule has 2 N–H and O–H groups in total. The maximum atomic E-state index is 4.42. The van der Waals surface area contributed by atoms with Crippen molar-refractivity contribution in [2.75, 3.05) is 37.8 Å². The van der Waals surface area contributed by atoms with E-state index in [0.29, 0.717) is 12.0 Å². The molecule has 0 atom stereocenters. The predicted molar refractivity (Wildman–Crippen MR) is 72.6 cm³/mol. The second-order valence-corrected chi connectivity index (χ2v) is 4.75. The van der Waals surface area contributed by atoms with Crippen LogP contribution in [0.2, 0.25) is 0 Å². The van der Waals surface area contributed by atoms with Crippen molar-refractivity contribution in [1.82, 2.24) is 14.9 Å². The van der Waals surface area contributed by atoms with Gasteiger partial charge in [-0.15, -0.1) is 0 Å². The van der Waals surface area contributed by atoms with Gasteiger partial charge in [-0.05, 0) is 34.9 Å². The Kier molecular flexibility index (Phi) is 5.15. The molecule has 0 spiro atoms. The minimum absolute atomic E-state index is 0.339. The molecule has 1 aromatic heterocycles. The fourth-order valence-electron chi connectivity index (χ4n) is 1.39. The van der Waals surface area contributed by atoms with Crippen molar-refractivity contribution in [3.63, 3.8) is 0 Å². The summed E-state index contributed by atoms with van der Waals surface area (Å²) in [4.78, 5) is 10.9. The third kappa shape index (κ3) is 5.49. The van der Waals surface area contributed by atoms with Gasteiger partial charge < -0.3 is 15.5 Å². The highest BCUT2D eigenvalue weighted by molar-refractivity contribution is 5.42. The third-order valence-corrected chi connectivity index (χ3v) is 2.14. The van der Waals surface area contributed by atoms with Crippen molar-refractivity contribution in [1.29, 1.82) is 0 Å². The van der Waals surface area contributed by atoms with Gasteiger partial charge in [0, 0.05) is 30.9 Å². The third-order valence-electron chi connectivity index (χ3n) is 2.14. The maximum absolute atomic E-state index is 4.42. The highest BCUT2D eigenvalue weighted by atomic mass is 15.2. The van der Waals surface area contributed by atoms with Crippen LogP contribution in [-0.4, -0.2) is 48.1 Å². The van der Waals surface area contributed by atoms with Crippen LogP contribution >= 0.6 is 0 Å². The predicted octanol–water partition coefficient (Wildman–Crippen LogP) is 1.58. The van der Waals surface area contributed by atoms with Crippen molar-refractivity contribution < 1.29 is 0 Å². The summed E-state index contributed by atoms with van der Waals surface area (Å²) in [6.45, 7) is 7.99. The Morgan fingerprint density at radius 1 is 1.29 bits per heavy atom. The topological polar surface area (TPSA) is 53.1 Å². The van der Waals surface area contributed by atoms with E-state index in [0.717, 1.165) is 24.6 Å². The fraction of sp³-hybridized carbons (Fsp3) is 0.667. The van der Waals surface area contributed by atoms with Crippen LogP contribution in [0.3, 0.4) is 0 Å². The van der Waals surface area contributed by atoms with Gasteiger partial charge in [-0.25, -0.2) is 4.98 Å². The maximum Gasteiger partial charge on any atom is 0.225 e. The molecule has 5 nitrogen and oxygen atoms in total. The van der Waals surface area contributed by atoms with Gasteiger partial charge in [-0.1, -0.05) is 0 Å². The van der Waals surface area contributed by atoms with E-state index in [1.54, 1.807) is 0 Å². The van der Waals surface area contributed by atoms with Crippen LogP contribution in [0, 0.1) is 6.92 Å². The zero-order valence-electron chi connectivity index (χ0n) is 11.4. The first kappa shape index (κ1) is 13.7. The van der Waals surface area contributed by atoms with Crippen LogP contribution in [0.1, 0.15) is 19.5 Å². The second kappa shape index (κ2) is 6.39. The Balaban J connectivity index is 2.62. The van der Waals surface area contributed by atoms with Gasteiger partial charge >= 0.3 is 0 Å². The largest absolute Gasteiger partial charge is 0.369 e. The quantitative estimate of drug-likeness (QED) is 0.786. The van der Waals surface area contributed by atoms with Gasteiger partial charge in [0.05, 0.1) is 0 Å². The molecule has 0 unspecified atom stereocenters. The Hall–Kier alpha value is -1.36. The van der Waals surface area contributed by atoms with Crippen LogP contribution in [0.4, 0.5) is 11.8 Å². The van der Waals surface area contributed by atoms with Gasteiger partial charge in [0.2, 0.25) is 5.95 Å². The molecular formula is C12H23N5. The van der Waals surface area contributed by atoms with Gasteiger partial charge in [-0.2, -0.15) is 4.98 Å². The molecule has 0 bridgehead atoms. The zero-order valence-corrected chi connectivity index (χ0v) is 11.4. The number of nitrogens with one attached hydrogen (secondary N) is 2. The summed E-state index contributed by atoms with van der Waals surface area (Å²) in [5.74, 6) is 1.56. The highest BCUT2D eigenvalue weighted by Crippen LogP contribution is 2.10. The standard InChI is InChI=1S/C12H23N5/c1-9(2)14-12-15-10(3)8-11(16-12)13-6-7-17(4)5/h8-9H,6-7H2,1-5H3,(H2,13,14,15,16). The average molecular weight is 237 g/mol. The summed E-state index contributed by atoms with van der Waals surface area (Å²) in [5.41, 5.74) is 0.968. The molecule has 17 heavy (non-hydrogen) atoms. The van der Waals surface area contributed by atoms with Crippen LogP contribution < -0.4 is 10.6 Å². The van der Waals surface area contributed by atoms with E-state index in [1.807, 2.05) is 13.0 Å². The molecule has 1 rings (SSSR count). The Labute approximate surface area is 104 Å². The lowest BCUT2D eigenvalue weighted by Crippen LogP contribution is -2.21. The lowest BCUT2D eigenvalue weighted by molar-refractivity contribution is 0.425. The lowest BCUT2D eigenvalue weighted by atomic mass is 10.4. The van der Waals surface area contributed by atoms with Crippen LogP contribution in [-0.2, 0) is 0 Å². The van der Waals surface area contributed by atoms with Crippen LogP contribution in [0.15, 0.2) is 6.07 Å². The molecule has 0 amide bonds. The Morgan fingerprint density at radius 3 is 2.59 bits per heavy atom. The summed E-state index contributed by atoms with van der Waals surface area (Å²) >= 11 is 0. The first-order valence-electron chi connectivity index (χ1n) is 5.98. The number of likely N-dealkylation sites (N-methyl/N-ethyl adjacent to an activating group) is 1. The Bertz CT molecular complexity index is 349. The lowest BCUT2D eigenvalue weighted by Gasteiger charge is -2.13. The number of aryl methyl sites for hydroxylation is 1. The molecule has 1 heterocycles. The first-order valence-corrected chi connectivity index (χ1v) is 5.98. The van der Waals surface area contributed by atoms with Crippen LogP contribution in [0.25, 0.3) is 0 Å². The summed E-state index contributed by atoms with van der Waals surface area (Å²) in [6, 6.07) is 2.30. The van der Waals surface area contributed by atoms with Crippen molar-refractivity contribution >= 4 is 11.8 Å². The van der Waals surface area contributed by atoms with Gasteiger partial charge in [0.1, 0.15) is 5.82 Å². The van der Waals surface area contributed by atoms with E-state index in [9.17, 15) is 0 Å². The van der Waals surface area contributed by atoms with E-state index in [-0.39, 0.29) is 0 Å². The van der Waals surface area contributed by atoms with E-state index in [1.165, 1.54) is 0 Å². The summed E-state index contributed by atoms with van der Waals surface area (Å²) in [5, 5.41) is 6.51. The van der Waals surface area contributed by atoms with Gasteiger partial charge in [0.15, 0.2) is 0 Å². The van der Waals surface area contributed by atoms with E-state index in [2.05, 4.69) is 53.4 Å². The minimum atomic E-state index is 0.339. The van der Waals surface area contributed by atoms with E-state index >= 15 is 0 Å². The van der Waals surface area contributed by atoms with Crippen LogP contribution in [0.5, 0.6) is 0 Å². The summed E-state index contributed by atoms with van der Waals surface area (Å²) < 4.78 is 0. The first-order chi connectivity index (χ1) is 7.97. The summed E-state index contributed by atoms with van der Waals surface area (Å²) in [6.07, 6.45) is 0. The molecule has 0 aromatic carbocycles. The SMILES string of the molecule is Cc1cc(NCCN(C)C)nc(NC(C)C)n1. The van der Waals surface area contributed by atoms with Gasteiger partial charge in [-0.3, -0.25) is 0 Å². The van der Waals surface area contributed by atoms with Crippen molar-refractivity contribution in [2.45, 2.75) is 26.8 Å². The number of aromatic nitrogens is 2. The zero-order chi connectivity index (χ0) is 12.8. The molecule has 0 aliphatic heterocycles. The smallest absolute Gasteiger partial charge is 0.225 e. The van der Waals surface area contributed by atoms with Crippen molar-refractivity contribution in [3.8, 4) is 0 Å². The molecule has 0 fully saturated rings. The van der Waals surface area contributed by atoms with E-state index in [4.69, 9.17) is 0 Å². The van der Waals surface area contributed by atoms with E-state index < -0.39 is 0 Å². The molecule has 5 heteroatoms. The summed E-state index contributed by atoms with van der Waals surface area (Å²) in [7, 11) is 4.11. The second-order valence-electron chi connectivity index (χ2n) is 4.75. The molecule has 0 aliphatic rings. The molecule has 0 saturated carbocycles. The molecule has 0 aliphatic carbocycles. The van der Waals surface area contributed by atoms with Crippen molar-refractivity contribution in [2.24, 2.45) is 0 Å². The molecule has 96 valence electrons. The minimum Gasteiger partial charge on any atom is -0.369 e. The number of hydrogen-bond donors (Lipinski definition) is 2. The average Bonchev–Trinajstić information content (AvgIpc) is 2.14. The number of hydrogen-bond acceptors (Lipinski definition) is 5. The Morgan fingerprint density at radius 2 is 2.00 bits per heavy atom. The normalized spacial score (nSPS) is 11.0. The molecule has 0 radical (unpaired) electrons. The highest BCUT2D eigenvalue weighted by Gasteiger charge is 2.03. The number of anilines is 2. The molecule has 1 aromatic rings. The van der Waals surface area contributed by atoms with Crippen molar-refractivity contribution in [3.05, 3.63) is 11.8 Å². The molecule has 0 saturated heterocycles. The number of nitrogens with zero attached hydrogens (tertiary/aromatic N) is 3. The van der Waals surface area contributed by atoms with Gasteiger partial charge in [0.25, 0.3) is 0 Å². The fourth-order valence-corrected chi connectivity index (χ4v) is 1.39. The monoisotopic (exact) mass is 237 g/mol. The number of rotatable bonds is 6. The molecular weight excluding hydrogens is 214 g/mol.